The molecule has 2 N–H and O–H groups in total. The van der Waals surface area contributed by atoms with E-state index in [1.54, 1.807) is 18.2 Å². The number of anilines is 1. The molecule has 0 aliphatic heterocycles. The summed E-state index contributed by atoms with van der Waals surface area (Å²) in [4.78, 5) is 3.98. The van der Waals surface area contributed by atoms with Gasteiger partial charge in [0, 0.05) is 5.69 Å². The van der Waals surface area contributed by atoms with Crippen molar-refractivity contribution in [1.29, 1.82) is 0 Å². The number of aromatic hydroxyl groups is 1. The van der Waals surface area contributed by atoms with Crippen LogP contribution in [0, 0.1) is 5.82 Å². The number of phenols is 1. The molecule has 3 nitrogen and oxygen atoms in total. The van der Waals surface area contributed by atoms with Gasteiger partial charge in [0.15, 0.2) is 5.75 Å². The summed E-state index contributed by atoms with van der Waals surface area (Å²) in [5.74, 6) is -0.534. The van der Waals surface area contributed by atoms with Gasteiger partial charge < -0.3 is 10.4 Å². The van der Waals surface area contributed by atoms with Crippen LogP contribution in [0.2, 0.25) is 10.0 Å². The third-order valence-corrected chi connectivity index (χ3v) is 3.17. The molecule has 19 heavy (non-hydrogen) atoms. The summed E-state index contributed by atoms with van der Waals surface area (Å²) in [5.41, 5.74) is 1.33. The summed E-state index contributed by atoms with van der Waals surface area (Å²) in [5, 5.41) is 12.9. The summed E-state index contributed by atoms with van der Waals surface area (Å²) in [7, 11) is 0. The van der Waals surface area contributed by atoms with E-state index in [-0.39, 0.29) is 27.7 Å². The minimum atomic E-state index is -0.383. The quantitative estimate of drug-likeness (QED) is 0.826. The molecule has 2 aromatic rings. The van der Waals surface area contributed by atoms with Crippen LogP contribution in [-0.4, -0.2) is 10.1 Å². The van der Waals surface area contributed by atoms with Crippen LogP contribution < -0.4 is 5.32 Å². The first-order valence-corrected chi connectivity index (χ1v) is 6.29. The first-order chi connectivity index (χ1) is 8.97. The molecule has 6 heteroatoms. The van der Waals surface area contributed by atoms with Crippen LogP contribution in [0.4, 0.5) is 10.1 Å². The second kappa shape index (κ2) is 5.63. The Kier molecular flexibility index (Phi) is 4.12. The Hall–Kier alpha value is -1.52. The van der Waals surface area contributed by atoms with Crippen LogP contribution in [0.5, 0.6) is 5.75 Å². The van der Waals surface area contributed by atoms with Crippen molar-refractivity contribution in [2.24, 2.45) is 0 Å². The van der Waals surface area contributed by atoms with E-state index in [1.807, 2.05) is 6.92 Å². The topological polar surface area (TPSA) is 45.1 Å². The highest BCUT2D eigenvalue weighted by atomic mass is 35.5. The Morgan fingerprint density at radius 3 is 2.42 bits per heavy atom. The van der Waals surface area contributed by atoms with Gasteiger partial charge in [-0.05, 0) is 31.2 Å². The molecule has 1 aromatic carbocycles. The molecule has 0 fully saturated rings. The Morgan fingerprint density at radius 2 is 1.89 bits per heavy atom. The van der Waals surface area contributed by atoms with Crippen LogP contribution in [0.3, 0.4) is 0 Å². The number of nitrogens with one attached hydrogen (secondary N) is 1. The molecule has 1 heterocycles. The zero-order valence-electron chi connectivity index (χ0n) is 9.99. The molecule has 0 amide bonds. The van der Waals surface area contributed by atoms with E-state index in [1.165, 1.54) is 6.07 Å². The Bertz CT molecular complexity index is 567. The van der Waals surface area contributed by atoms with Crippen molar-refractivity contribution in [1.82, 2.24) is 4.98 Å². The fraction of sp³-hybridized carbons (Fsp3) is 0.154. The summed E-state index contributed by atoms with van der Waals surface area (Å²) in [6, 6.07) is 5.90. The lowest BCUT2D eigenvalue weighted by Gasteiger charge is -2.15. The average molecular weight is 301 g/mol. The van der Waals surface area contributed by atoms with E-state index in [0.717, 1.165) is 6.20 Å². The molecule has 0 spiro atoms. The van der Waals surface area contributed by atoms with Gasteiger partial charge in [-0.15, -0.1) is 0 Å². The number of halogens is 3. The second-order valence-electron chi connectivity index (χ2n) is 4.06. The number of hydrogen-bond donors (Lipinski definition) is 2. The molecule has 0 radical (unpaired) electrons. The van der Waals surface area contributed by atoms with Crippen LogP contribution >= 0.6 is 23.2 Å². The lowest BCUT2D eigenvalue weighted by molar-refractivity contribution is 0.476. The zero-order chi connectivity index (χ0) is 14.0. The molecule has 0 aliphatic rings. The number of nitrogens with zero attached hydrogens (tertiary/aromatic N) is 1. The van der Waals surface area contributed by atoms with Crippen molar-refractivity contribution < 1.29 is 9.50 Å². The van der Waals surface area contributed by atoms with Crippen LogP contribution in [0.25, 0.3) is 0 Å². The van der Waals surface area contributed by atoms with Gasteiger partial charge in [0.05, 0.1) is 28.0 Å². The maximum atomic E-state index is 12.8. The van der Waals surface area contributed by atoms with Crippen LogP contribution in [0.15, 0.2) is 30.5 Å². The van der Waals surface area contributed by atoms with Gasteiger partial charge in [-0.25, -0.2) is 4.39 Å². The van der Waals surface area contributed by atoms with Crippen LogP contribution in [-0.2, 0) is 0 Å². The fourth-order valence-electron chi connectivity index (χ4n) is 1.62. The zero-order valence-corrected chi connectivity index (χ0v) is 11.5. The van der Waals surface area contributed by atoms with E-state index >= 15 is 0 Å². The van der Waals surface area contributed by atoms with Gasteiger partial charge in [0.1, 0.15) is 5.82 Å². The molecule has 1 atom stereocenters. The van der Waals surface area contributed by atoms with Gasteiger partial charge in [-0.3, -0.25) is 4.98 Å². The number of benzene rings is 1. The van der Waals surface area contributed by atoms with Gasteiger partial charge in [-0.2, -0.15) is 0 Å². The lowest BCUT2D eigenvalue weighted by Crippen LogP contribution is -2.08. The van der Waals surface area contributed by atoms with Crippen molar-refractivity contribution in [3.8, 4) is 5.75 Å². The molecule has 0 saturated heterocycles. The van der Waals surface area contributed by atoms with E-state index in [2.05, 4.69) is 10.3 Å². The molecule has 1 unspecified atom stereocenters. The first-order valence-electron chi connectivity index (χ1n) is 5.53. The Morgan fingerprint density at radius 1 is 1.26 bits per heavy atom. The highest BCUT2D eigenvalue weighted by Gasteiger charge is 2.10. The number of phenolic OH excluding ortho intramolecular Hbond substituents is 1. The summed E-state index contributed by atoms with van der Waals surface area (Å²) in [6.45, 7) is 1.87. The predicted molar refractivity (Wildman–Crippen MR) is 74.4 cm³/mol. The van der Waals surface area contributed by atoms with Crippen molar-refractivity contribution >= 4 is 28.9 Å². The number of hydrogen-bond acceptors (Lipinski definition) is 3. The third-order valence-electron chi connectivity index (χ3n) is 2.59. The van der Waals surface area contributed by atoms with Gasteiger partial charge in [-0.1, -0.05) is 23.2 Å². The van der Waals surface area contributed by atoms with Crippen molar-refractivity contribution in [3.63, 3.8) is 0 Å². The molecule has 2 rings (SSSR count). The molecule has 1 aromatic heterocycles. The van der Waals surface area contributed by atoms with Gasteiger partial charge >= 0.3 is 0 Å². The first kappa shape index (κ1) is 13.9. The van der Waals surface area contributed by atoms with E-state index in [9.17, 15) is 9.50 Å². The van der Waals surface area contributed by atoms with Crippen molar-refractivity contribution in [2.45, 2.75) is 13.0 Å². The van der Waals surface area contributed by atoms with Crippen molar-refractivity contribution in [2.75, 3.05) is 5.32 Å². The highest BCUT2D eigenvalue weighted by molar-refractivity contribution is 6.37. The minimum absolute atomic E-state index is 0.151. The standard InChI is InChI=1S/C13H11Cl2FN2O/c1-7(12-3-2-8(16)6-17-12)18-9-4-10(14)13(19)11(15)5-9/h2-7,18-19H,1H3. The summed E-state index contributed by atoms with van der Waals surface area (Å²) >= 11 is 11.7. The van der Waals surface area contributed by atoms with E-state index in [0.29, 0.717) is 11.4 Å². The minimum Gasteiger partial charge on any atom is -0.505 e. The Labute approximate surface area is 120 Å². The maximum absolute atomic E-state index is 12.8. The maximum Gasteiger partial charge on any atom is 0.152 e. The summed E-state index contributed by atoms with van der Waals surface area (Å²) in [6.07, 6.45) is 1.16. The molecule has 0 saturated carbocycles. The number of rotatable bonds is 3. The normalized spacial score (nSPS) is 12.2. The molecular formula is C13H11Cl2FN2O. The van der Waals surface area contributed by atoms with Crippen molar-refractivity contribution in [3.05, 3.63) is 52.0 Å². The molecular weight excluding hydrogens is 290 g/mol. The predicted octanol–water partition coefficient (Wildman–Crippen LogP) is 4.41. The number of pyridine rings is 1. The van der Waals surface area contributed by atoms with Crippen LogP contribution in [0.1, 0.15) is 18.7 Å². The molecule has 0 bridgehead atoms. The molecule has 100 valence electrons. The largest absolute Gasteiger partial charge is 0.505 e. The third kappa shape index (κ3) is 3.28. The SMILES string of the molecule is CC(Nc1cc(Cl)c(O)c(Cl)c1)c1ccc(F)cn1. The van der Waals surface area contributed by atoms with E-state index in [4.69, 9.17) is 23.2 Å². The Balaban J connectivity index is 2.19. The van der Waals surface area contributed by atoms with E-state index < -0.39 is 0 Å². The summed E-state index contributed by atoms with van der Waals surface area (Å²) < 4.78 is 12.8. The van der Waals surface area contributed by atoms with Gasteiger partial charge in [0.2, 0.25) is 0 Å². The molecule has 0 aliphatic carbocycles. The average Bonchev–Trinajstić information content (AvgIpc) is 2.36. The number of aromatic nitrogens is 1. The van der Waals surface area contributed by atoms with Gasteiger partial charge in [0.25, 0.3) is 0 Å². The second-order valence-corrected chi connectivity index (χ2v) is 4.87. The smallest absolute Gasteiger partial charge is 0.152 e. The monoisotopic (exact) mass is 300 g/mol. The lowest BCUT2D eigenvalue weighted by atomic mass is 10.2. The fourth-order valence-corrected chi connectivity index (χ4v) is 2.10. The highest BCUT2D eigenvalue weighted by Crippen LogP contribution is 2.35.